The predicted octanol–water partition coefficient (Wildman–Crippen LogP) is 8.23. The summed E-state index contributed by atoms with van der Waals surface area (Å²) in [6, 6.07) is 35.5. The summed E-state index contributed by atoms with van der Waals surface area (Å²) >= 11 is 0. The van der Waals surface area contributed by atoms with Gasteiger partial charge in [-0.2, -0.15) is 0 Å². The molecule has 0 nitrogen and oxygen atoms in total. The zero-order valence-corrected chi connectivity index (χ0v) is 17.1. The van der Waals surface area contributed by atoms with Gasteiger partial charge in [-0.05, 0) is 72.8 Å². The molecule has 0 atom stereocenters. The zero-order chi connectivity index (χ0) is 20.4. The van der Waals surface area contributed by atoms with E-state index < -0.39 is 0 Å². The van der Waals surface area contributed by atoms with Gasteiger partial charge in [-0.25, -0.2) is 0 Å². The first-order valence-corrected chi connectivity index (χ1v) is 10.9. The molecule has 0 amide bonds. The van der Waals surface area contributed by atoms with Crippen LogP contribution in [0.4, 0.5) is 0 Å². The average molecular weight is 393 g/mol. The van der Waals surface area contributed by atoms with Crippen LogP contribution in [-0.2, 0) is 6.42 Å². The summed E-state index contributed by atoms with van der Waals surface area (Å²) in [6.45, 7) is 0. The van der Waals surface area contributed by atoms with Gasteiger partial charge in [0, 0.05) is 0 Å². The SMILES string of the molecule is C1=Cc2cccc3c(-c4ccccc4)c4c(c(c23)-c2ccccc21)Cc1ccccc1-4. The minimum atomic E-state index is 0.985. The van der Waals surface area contributed by atoms with Crippen LogP contribution in [0.5, 0.6) is 0 Å². The topological polar surface area (TPSA) is 0 Å². The summed E-state index contributed by atoms with van der Waals surface area (Å²) in [4.78, 5) is 0. The first-order valence-electron chi connectivity index (χ1n) is 10.9. The largest absolute Gasteiger partial charge is 0.0622 e. The Labute approximate surface area is 182 Å². The van der Waals surface area contributed by atoms with E-state index >= 15 is 0 Å². The Morgan fingerprint density at radius 1 is 0.484 bits per heavy atom. The van der Waals surface area contributed by atoms with Gasteiger partial charge in [0.05, 0.1) is 0 Å². The quantitative estimate of drug-likeness (QED) is 0.264. The lowest BCUT2D eigenvalue weighted by Crippen LogP contribution is -1.96. The van der Waals surface area contributed by atoms with E-state index in [-0.39, 0.29) is 0 Å². The molecule has 0 bridgehead atoms. The Hall–Kier alpha value is -3.90. The standard InChI is InChI=1S/C31H20/c1-2-10-21(11-3-1)28-26-16-8-13-22-18-17-20-9-4-6-14-24(20)30(29(22)26)27-19-23-12-5-7-15-25(23)31(27)28/h1-18H,19H2. The molecule has 0 heterocycles. The highest BCUT2D eigenvalue weighted by atomic mass is 14.3. The molecule has 0 aliphatic heterocycles. The Kier molecular flexibility index (Phi) is 3.42. The molecule has 0 heteroatoms. The maximum atomic E-state index is 2.31. The number of hydrogen-bond acceptors (Lipinski definition) is 0. The van der Waals surface area contributed by atoms with Crippen molar-refractivity contribution in [3.63, 3.8) is 0 Å². The van der Waals surface area contributed by atoms with Crippen LogP contribution in [0.15, 0.2) is 97.1 Å². The van der Waals surface area contributed by atoms with Crippen LogP contribution in [0.25, 0.3) is 56.3 Å². The fourth-order valence-corrected chi connectivity index (χ4v) is 5.59. The lowest BCUT2D eigenvalue weighted by Gasteiger charge is -2.21. The maximum Gasteiger partial charge on any atom is -0.000682 e. The van der Waals surface area contributed by atoms with Crippen molar-refractivity contribution in [3.8, 4) is 33.4 Å². The van der Waals surface area contributed by atoms with Gasteiger partial charge in [-0.1, -0.05) is 109 Å². The Morgan fingerprint density at radius 3 is 2.10 bits per heavy atom. The summed E-state index contributed by atoms with van der Waals surface area (Å²) in [5.74, 6) is 0. The third kappa shape index (κ3) is 2.30. The Bertz CT molecular complexity index is 1530. The molecule has 7 rings (SSSR count). The van der Waals surface area contributed by atoms with E-state index in [1.54, 1.807) is 0 Å². The maximum absolute atomic E-state index is 2.31. The highest BCUT2D eigenvalue weighted by molar-refractivity contribution is 6.18. The molecular formula is C31H20. The van der Waals surface area contributed by atoms with E-state index in [0.717, 1.165) is 6.42 Å². The van der Waals surface area contributed by atoms with Gasteiger partial charge in [0.25, 0.3) is 0 Å². The van der Waals surface area contributed by atoms with E-state index in [0.29, 0.717) is 0 Å². The summed E-state index contributed by atoms with van der Waals surface area (Å²) < 4.78 is 0. The lowest BCUT2D eigenvalue weighted by atomic mass is 9.82. The minimum Gasteiger partial charge on any atom is -0.0622 e. The average Bonchev–Trinajstić information content (AvgIpc) is 3.12. The molecule has 0 saturated heterocycles. The van der Waals surface area contributed by atoms with Crippen LogP contribution in [0.2, 0.25) is 0 Å². The molecule has 5 aromatic rings. The second kappa shape index (κ2) is 6.30. The van der Waals surface area contributed by atoms with Crippen molar-refractivity contribution in [1.82, 2.24) is 0 Å². The van der Waals surface area contributed by atoms with Gasteiger partial charge in [0.15, 0.2) is 0 Å². The van der Waals surface area contributed by atoms with Crippen molar-refractivity contribution >= 4 is 22.9 Å². The number of fused-ring (bicyclic) bond motifs is 6. The fraction of sp³-hybridized carbons (Fsp3) is 0.0323. The van der Waals surface area contributed by atoms with Crippen LogP contribution in [0.3, 0.4) is 0 Å². The van der Waals surface area contributed by atoms with Gasteiger partial charge in [-0.3, -0.25) is 0 Å². The monoisotopic (exact) mass is 392 g/mol. The molecule has 144 valence electrons. The van der Waals surface area contributed by atoms with Crippen LogP contribution >= 0.6 is 0 Å². The number of hydrogen-bond donors (Lipinski definition) is 0. The summed E-state index contributed by atoms with van der Waals surface area (Å²) in [7, 11) is 0. The molecule has 0 radical (unpaired) electrons. The molecule has 5 aromatic carbocycles. The van der Waals surface area contributed by atoms with E-state index in [4.69, 9.17) is 0 Å². The highest BCUT2D eigenvalue weighted by Crippen LogP contribution is 2.53. The van der Waals surface area contributed by atoms with Gasteiger partial charge < -0.3 is 0 Å². The zero-order valence-electron chi connectivity index (χ0n) is 17.1. The summed E-state index contributed by atoms with van der Waals surface area (Å²) in [5, 5.41) is 2.73. The summed E-state index contributed by atoms with van der Waals surface area (Å²) in [6.07, 6.45) is 5.56. The Balaban J connectivity index is 1.75. The molecule has 31 heavy (non-hydrogen) atoms. The van der Waals surface area contributed by atoms with Gasteiger partial charge in [-0.15, -0.1) is 0 Å². The van der Waals surface area contributed by atoms with Gasteiger partial charge in [0.2, 0.25) is 0 Å². The molecule has 2 aliphatic carbocycles. The van der Waals surface area contributed by atoms with E-state index in [9.17, 15) is 0 Å². The first-order chi connectivity index (χ1) is 15.4. The fourth-order valence-electron chi connectivity index (χ4n) is 5.59. The van der Waals surface area contributed by atoms with Crippen LogP contribution < -0.4 is 0 Å². The van der Waals surface area contributed by atoms with Gasteiger partial charge >= 0.3 is 0 Å². The van der Waals surface area contributed by atoms with Crippen LogP contribution in [0.1, 0.15) is 22.3 Å². The van der Waals surface area contributed by atoms with Crippen molar-refractivity contribution in [2.45, 2.75) is 6.42 Å². The third-order valence-corrected chi connectivity index (χ3v) is 6.86. The first kappa shape index (κ1) is 16.8. The molecule has 0 fully saturated rings. The predicted molar refractivity (Wildman–Crippen MR) is 132 cm³/mol. The normalized spacial score (nSPS) is 12.9. The van der Waals surface area contributed by atoms with Crippen molar-refractivity contribution in [2.75, 3.05) is 0 Å². The van der Waals surface area contributed by atoms with Crippen LogP contribution in [0, 0.1) is 0 Å². The van der Waals surface area contributed by atoms with Crippen molar-refractivity contribution < 1.29 is 0 Å². The van der Waals surface area contributed by atoms with Crippen molar-refractivity contribution in [3.05, 3.63) is 119 Å². The number of rotatable bonds is 1. The highest BCUT2D eigenvalue weighted by Gasteiger charge is 2.30. The number of benzene rings is 5. The molecule has 0 spiro atoms. The van der Waals surface area contributed by atoms with E-state index in [2.05, 4.69) is 109 Å². The molecular weight excluding hydrogens is 372 g/mol. The molecule has 0 N–H and O–H groups in total. The van der Waals surface area contributed by atoms with E-state index in [1.807, 2.05) is 0 Å². The lowest BCUT2D eigenvalue weighted by molar-refractivity contribution is 1.27. The third-order valence-electron chi connectivity index (χ3n) is 6.86. The Morgan fingerprint density at radius 2 is 1.19 bits per heavy atom. The van der Waals surface area contributed by atoms with Crippen molar-refractivity contribution in [2.24, 2.45) is 0 Å². The molecule has 0 aromatic heterocycles. The van der Waals surface area contributed by atoms with Crippen LogP contribution in [-0.4, -0.2) is 0 Å². The molecule has 0 saturated carbocycles. The second-order valence-electron chi connectivity index (χ2n) is 8.49. The molecule has 2 aliphatic rings. The second-order valence-corrected chi connectivity index (χ2v) is 8.49. The summed E-state index contributed by atoms with van der Waals surface area (Å²) in [5.41, 5.74) is 13.7. The van der Waals surface area contributed by atoms with E-state index in [1.165, 1.54) is 66.4 Å². The smallest absolute Gasteiger partial charge is 0.000682 e. The minimum absolute atomic E-state index is 0.985. The van der Waals surface area contributed by atoms with Crippen molar-refractivity contribution in [1.29, 1.82) is 0 Å². The van der Waals surface area contributed by atoms with Gasteiger partial charge in [0.1, 0.15) is 0 Å². The molecule has 0 unspecified atom stereocenters.